The lowest BCUT2D eigenvalue weighted by Gasteiger charge is -1.95. The molecule has 11 heavy (non-hydrogen) atoms. The zero-order valence-corrected chi connectivity index (χ0v) is 6.44. The van der Waals surface area contributed by atoms with Crippen LogP contribution >= 0.6 is 11.6 Å². The molecule has 0 aliphatic rings. The number of halogens is 2. The maximum atomic E-state index is 12.0. The molecule has 0 saturated carbocycles. The summed E-state index contributed by atoms with van der Waals surface area (Å²) in [5, 5.41) is -0.555. The van der Waals surface area contributed by atoms with Crippen LogP contribution in [-0.4, -0.2) is 5.24 Å². The van der Waals surface area contributed by atoms with E-state index in [1.165, 1.54) is 6.07 Å². The quantitative estimate of drug-likeness (QED) is 0.627. The number of benzene rings is 1. The molecule has 0 saturated heterocycles. The van der Waals surface area contributed by atoms with Crippen LogP contribution in [0.25, 0.3) is 0 Å². The summed E-state index contributed by atoms with van der Waals surface area (Å²) in [6.45, 7) is -0.571. The Balaban J connectivity index is 3.01. The van der Waals surface area contributed by atoms with Gasteiger partial charge in [-0.15, -0.1) is 0 Å². The number of carbonyl (C=O) groups is 1. The van der Waals surface area contributed by atoms with Crippen LogP contribution in [0.4, 0.5) is 4.39 Å². The highest BCUT2D eigenvalue weighted by atomic mass is 35.5. The number of carbonyl (C=O) groups excluding carboxylic acids is 1. The second-order valence-corrected chi connectivity index (χ2v) is 2.45. The summed E-state index contributed by atoms with van der Waals surface area (Å²) in [7, 11) is 0. The van der Waals surface area contributed by atoms with Crippen molar-refractivity contribution in [3.8, 4) is 0 Å². The fourth-order valence-electron chi connectivity index (χ4n) is 0.777. The van der Waals surface area contributed by atoms with Gasteiger partial charge in [0, 0.05) is 5.56 Å². The minimum absolute atomic E-state index is 0.335. The highest BCUT2D eigenvalue weighted by molar-refractivity contribution is 6.67. The van der Waals surface area contributed by atoms with Crippen LogP contribution in [0, 0.1) is 0 Å². The van der Waals surface area contributed by atoms with Gasteiger partial charge in [0.25, 0.3) is 5.24 Å². The Labute approximate surface area is 68.8 Å². The second kappa shape index (κ2) is 3.49. The molecule has 0 unspecified atom stereocenters. The molecule has 0 aliphatic heterocycles. The molecule has 0 heterocycles. The number of hydrogen-bond donors (Lipinski definition) is 0. The van der Waals surface area contributed by atoms with Crippen LogP contribution in [0.1, 0.15) is 15.9 Å². The Bertz CT molecular complexity index is 273. The van der Waals surface area contributed by atoms with Gasteiger partial charge in [-0.05, 0) is 23.2 Å². The van der Waals surface area contributed by atoms with Crippen LogP contribution in [0.2, 0.25) is 0 Å². The predicted octanol–water partition coefficient (Wildman–Crippen LogP) is 2.54. The fourth-order valence-corrected chi connectivity index (χ4v) is 0.894. The van der Waals surface area contributed by atoms with Crippen molar-refractivity contribution >= 4 is 16.8 Å². The van der Waals surface area contributed by atoms with Gasteiger partial charge < -0.3 is 0 Å². The van der Waals surface area contributed by atoms with E-state index in [0.29, 0.717) is 11.1 Å². The van der Waals surface area contributed by atoms with Gasteiger partial charge in [-0.3, -0.25) is 4.79 Å². The molecule has 0 spiro atoms. The fraction of sp³-hybridized carbons (Fsp3) is 0.125. The van der Waals surface area contributed by atoms with Gasteiger partial charge in [-0.2, -0.15) is 0 Å². The molecule has 1 nitrogen and oxygen atoms in total. The standard InChI is InChI=1S/C8H6ClFO/c9-8(11)7-3-1-2-6(4-7)5-10/h1-4H,5H2. The third-order valence-electron chi connectivity index (χ3n) is 1.31. The summed E-state index contributed by atoms with van der Waals surface area (Å²) in [4.78, 5) is 10.6. The van der Waals surface area contributed by atoms with Gasteiger partial charge in [-0.1, -0.05) is 18.2 Å². The van der Waals surface area contributed by atoms with Crippen LogP contribution in [-0.2, 0) is 6.67 Å². The Morgan fingerprint density at radius 1 is 1.55 bits per heavy atom. The number of rotatable bonds is 2. The first-order valence-electron chi connectivity index (χ1n) is 3.09. The Kier molecular flexibility index (Phi) is 2.60. The predicted molar refractivity (Wildman–Crippen MR) is 41.4 cm³/mol. The van der Waals surface area contributed by atoms with Crippen molar-refractivity contribution in [2.45, 2.75) is 6.67 Å². The average Bonchev–Trinajstić information content (AvgIpc) is 2.05. The van der Waals surface area contributed by atoms with Crippen LogP contribution < -0.4 is 0 Å². The van der Waals surface area contributed by atoms with Crippen molar-refractivity contribution in [3.63, 3.8) is 0 Å². The molecule has 0 bridgehead atoms. The van der Waals surface area contributed by atoms with E-state index in [4.69, 9.17) is 11.6 Å². The number of alkyl halides is 1. The van der Waals surface area contributed by atoms with Crippen molar-refractivity contribution in [1.82, 2.24) is 0 Å². The summed E-state index contributed by atoms with van der Waals surface area (Å²) >= 11 is 5.17. The molecule has 3 heteroatoms. The van der Waals surface area contributed by atoms with Crippen molar-refractivity contribution in [1.29, 1.82) is 0 Å². The van der Waals surface area contributed by atoms with E-state index in [2.05, 4.69) is 0 Å². The summed E-state index contributed by atoms with van der Waals surface area (Å²) < 4.78 is 12.0. The minimum atomic E-state index is -0.571. The Hall–Kier alpha value is -0.890. The van der Waals surface area contributed by atoms with E-state index in [1.807, 2.05) is 0 Å². The normalized spacial score (nSPS) is 9.64. The van der Waals surface area contributed by atoms with Gasteiger partial charge in [0.05, 0.1) is 0 Å². The molecule has 0 radical (unpaired) electrons. The zero-order chi connectivity index (χ0) is 8.27. The van der Waals surface area contributed by atoms with Gasteiger partial charge in [0.2, 0.25) is 0 Å². The van der Waals surface area contributed by atoms with E-state index >= 15 is 0 Å². The SMILES string of the molecule is O=C(Cl)c1cccc(CF)c1. The molecule has 0 aliphatic carbocycles. The monoisotopic (exact) mass is 172 g/mol. The van der Waals surface area contributed by atoms with Gasteiger partial charge in [0.1, 0.15) is 6.67 Å². The Morgan fingerprint density at radius 3 is 2.82 bits per heavy atom. The summed E-state index contributed by atoms with van der Waals surface area (Å²) in [6, 6.07) is 6.19. The Morgan fingerprint density at radius 2 is 2.27 bits per heavy atom. The maximum absolute atomic E-state index is 12.0. The molecule has 0 amide bonds. The zero-order valence-electron chi connectivity index (χ0n) is 5.68. The lowest BCUT2D eigenvalue weighted by molar-refractivity contribution is 0.108. The van der Waals surface area contributed by atoms with Crippen molar-refractivity contribution < 1.29 is 9.18 Å². The van der Waals surface area contributed by atoms with E-state index in [0.717, 1.165) is 0 Å². The van der Waals surface area contributed by atoms with E-state index in [1.54, 1.807) is 18.2 Å². The summed E-state index contributed by atoms with van der Waals surface area (Å²) in [5.41, 5.74) is 0.804. The molecule has 1 aromatic carbocycles. The highest BCUT2D eigenvalue weighted by Crippen LogP contribution is 2.08. The smallest absolute Gasteiger partial charge is 0.252 e. The number of hydrogen-bond acceptors (Lipinski definition) is 1. The molecule has 0 N–H and O–H groups in total. The maximum Gasteiger partial charge on any atom is 0.252 e. The summed E-state index contributed by atoms with van der Waals surface area (Å²) in [5.74, 6) is 0. The van der Waals surface area contributed by atoms with Crippen molar-refractivity contribution in [2.24, 2.45) is 0 Å². The molecule has 0 aromatic heterocycles. The highest BCUT2D eigenvalue weighted by Gasteiger charge is 2.00. The first-order chi connectivity index (χ1) is 5.24. The summed E-state index contributed by atoms with van der Waals surface area (Å²) in [6.07, 6.45) is 0. The lowest BCUT2D eigenvalue weighted by Crippen LogP contribution is -1.89. The average molecular weight is 173 g/mol. The first kappa shape index (κ1) is 8.21. The van der Waals surface area contributed by atoms with Crippen LogP contribution in [0.15, 0.2) is 24.3 Å². The molecule has 0 fully saturated rings. The molecule has 0 atom stereocenters. The van der Waals surface area contributed by atoms with E-state index in [9.17, 15) is 9.18 Å². The van der Waals surface area contributed by atoms with Gasteiger partial charge in [0.15, 0.2) is 0 Å². The van der Waals surface area contributed by atoms with Crippen molar-refractivity contribution in [2.75, 3.05) is 0 Å². The lowest BCUT2D eigenvalue weighted by atomic mass is 10.1. The van der Waals surface area contributed by atoms with Crippen molar-refractivity contribution in [3.05, 3.63) is 35.4 Å². The van der Waals surface area contributed by atoms with Crippen LogP contribution in [0.3, 0.4) is 0 Å². The molecule has 58 valence electrons. The topological polar surface area (TPSA) is 17.1 Å². The van der Waals surface area contributed by atoms with E-state index < -0.39 is 11.9 Å². The van der Waals surface area contributed by atoms with Crippen LogP contribution in [0.5, 0.6) is 0 Å². The van der Waals surface area contributed by atoms with E-state index in [-0.39, 0.29) is 0 Å². The van der Waals surface area contributed by atoms with Gasteiger partial charge in [-0.25, -0.2) is 4.39 Å². The third-order valence-corrected chi connectivity index (χ3v) is 1.53. The molecular weight excluding hydrogens is 167 g/mol. The molecule has 1 rings (SSSR count). The molecule has 1 aromatic rings. The molecular formula is C8H6ClFO. The third kappa shape index (κ3) is 2.02. The minimum Gasteiger partial charge on any atom is -0.276 e. The largest absolute Gasteiger partial charge is 0.276 e. The second-order valence-electron chi connectivity index (χ2n) is 2.11. The van der Waals surface area contributed by atoms with Gasteiger partial charge >= 0.3 is 0 Å². The first-order valence-corrected chi connectivity index (χ1v) is 3.46.